The zero-order valence-electron chi connectivity index (χ0n) is 14.3. The van der Waals surface area contributed by atoms with Crippen LogP contribution in [-0.2, 0) is 4.74 Å². The standard InChI is InChI=1S/C18H25FN2O3/c1-13(9-11-24-2)20-18(23)21-10-3-4-15(12-21)17(22)14-5-7-16(19)8-6-14/h5-8,13,15H,3-4,9-12H2,1-2H3,(H,20,23). The molecule has 2 amide bonds. The summed E-state index contributed by atoms with van der Waals surface area (Å²) in [5.41, 5.74) is 0.497. The average Bonchev–Trinajstić information content (AvgIpc) is 2.60. The second-order valence-electron chi connectivity index (χ2n) is 6.29. The number of urea groups is 1. The Morgan fingerprint density at radius 3 is 2.75 bits per heavy atom. The molecule has 1 aromatic carbocycles. The molecular weight excluding hydrogens is 311 g/mol. The minimum atomic E-state index is -0.360. The van der Waals surface area contributed by atoms with Crippen molar-refractivity contribution in [1.82, 2.24) is 10.2 Å². The van der Waals surface area contributed by atoms with Gasteiger partial charge in [0, 0.05) is 44.3 Å². The van der Waals surface area contributed by atoms with Gasteiger partial charge < -0.3 is 15.0 Å². The van der Waals surface area contributed by atoms with Gasteiger partial charge in [0.2, 0.25) is 0 Å². The summed E-state index contributed by atoms with van der Waals surface area (Å²) in [5, 5.41) is 2.94. The number of carbonyl (C=O) groups is 2. The molecule has 1 N–H and O–H groups in total. The second-order valence-corrected chi connectivity index (χ2v) is 6.29. The van der Waals surface area contributed by atoms with E-state index in [0.29, 0.717) is 25.3 Å². The molecule has 5 nitrogen and oxygen atoms in total. The molecule has 1 heterocycles. The maximum atomic E-state index is 13.0. The number of hydrogen-bond donors (Lipinski definition) is 1. The molecule has 1 fully saturated rings. The lowest BCUT2D eigenvalue weighted by Gasteiger charge is -2.33. The molecule has 1 saturated heterocycles. The quantitative estimate of drug-likeness (QED) is 0.813. The van der Waals surface area contributed by atoms with Gasteiger partial charge in [-0.3, -0.25) is 4.79 Å². The van der Waals surface area contributed by atoms with Gasteiger partial charge in [-0.1, -0.05) is 0 Å². The van der Waals surface area contributed by atoms with Crippen molar-refractivity contribution in [3.8, 4) is 0 Å². The van der Waals surface area contributed by atoms with Crippen LogP contribution in [0.3, 0.4) is 0 Å². The van der Waals surface area contributed by atoms with Gasteiger partial charge in [0.25, 0.3) is 0 Å². The fourth-order valence-corrected chi connectivity index (χ4v) is 2.89. The maximum Gasteiger partial charge on any atom is 0.317 e. The van der Waals surface area contributed by atoms with Crippen molar-refractivity contribution in [3.63, 3.8) is 0 Å². The summed E-state index contributed by atoms with van der Waals surface area (Å²) in [6, 6.07) is 5.46. The monoisotopic (exact) mass is 336 g/mol. The minimum Gasteiger partial charge on any atom is -0.385 e. The number of nitrogens with one attached hydrogen (secondary N) is 1. The molecular formula is C18H25FN2O3. The van der Waals surface area contributed by atoms with Crippen LogP contribution in [0.25, 0.3) is 0 Å². The van der Waals surface area contributed by atoms with E-state index in [-0.39, 0.29) is 29.6 Å². The van der Waals surface area contributed by atoms with Gasteiger partial charge in [-0.25, -0.2) is 9.18 Å². The van der Waals surface area contributed by atoms with Crippen molar-refractivity contribution < 1.29 is 18.7 Å². The van der Waals surface area contributed by atoms with E-state index in [1.165, 1.54) is 24.3 Å². The number of nitrogens with zero attached hydrogens (tertiary/aromatic N) is 1. The SMILES string of the molecule is COCCC(C)NC(=O)N1CCCC(C(=O)c2ccc(F)cc2)C1. The first-order chi connectivity index (χ1) is 11.5. The number of halogens is 1. The van der Waals surface area contributed by atoms with Gasteiger partial charge >= 0.3 is 6.03 Å². The maximum absolute atomic E-state index is 13.0. The van der Waals surface area contributed by atoms with Crippen LogP contribution in [-0.4, -0.2) is 49.6 Å². The average molecular weight is 336 g/mol. The van der Waals surface area contributed by atoms with Gasteiger partial charge in [0.05, 0.1) is 0 Å². The van der Waals surface area contributed by atoms with Gasteiger partial charge in [-0.05, 0) is 50.5 Å². The normalized spacial score (nSPS) is 19.0. The molecule has 24 heavy (non-hydrogen) atoms. The number of Topliss-reactive ketones (excluding diaryl/α,β-unsaturated/α-hetero) is 1. The second kappa shape index (κ2) is 8.78. The summed E-state index contributed by atoms with van der Waals surface area (Å²) < 4.78 is 18.0. The Morgan fingerprint density at radius 2 is 2.08 bits per heavy atom. The smallest absolute Gasteiger partial charge is 0.317 e. The van der Waals surface area contributed by atoms with Crippen LogP contribution in [0.4, 0.5) is 9.18 Å². The molecule has 0 aliphatic carbocycles. The largest absolute Gasteiger partial charge is 0.385 e. The lowest BCUT2D eigenvalue weighted by molar-refractivity contribution is 0.0844. The Balaban J connectivity index is 1.92. The van der Waals surface area contributed by atoms with Crippen molar-refractivity contribution in [1.29, 1.82) is 0 Å². The zero-order chi connectivity index (χ0) is 17.5. The van der Waals surface area contributed by atoms with E-state index in [4.69, 9.17) is 4.74 Å². The van der Waals surface area contributed by atoms with Gasteiger partial charge in [0.15, 0.2) is 5.78 Å². The highest BCUT2D eigenvalue weighted by molar-refractivity contribution is 5.98. The fourth-order valence-electron chi connectivity index (χ4n) is 2.89. The highest BCUT2D eigenvalue weighted by atomic mass is 19.1. The summed E-state index contributed by atoms with van der Waals surface area (Å²) in [6.45, 7) is 3.57. The zero-order valence-corrected chi connectivity index (χ0v) is 14.3. The van der Waals surface area contributed by atoms with E-state index in [9.17, 15) is 14.0 Å². The van der Waals surface area contributed by atoms with Crippen LogP contribution in [0, 0.1) is 11.7 Å². The van der Waals surface area contributed by atoms with E-state index >= 15 is 0 Å². The molecule has 1 aliphatic heterocycles. The van der Waals surface area contributed by atoms with Gasteiger partial charge in [-0.2, -0.15) is 0 Å². The van der Waals surface area contributed by atoms with Crippen LogP contribution >= 0.6 is 0 Å². The molecule has 2 unspecified atom stereocenters. The molecule has 1 aliphatic rings. The minimum absolute atomic E-state index is 0.0191. The van der Waals surface area contributed by atoms with E-state index in [0.717, 1.165) is 19.3 Å². The Kier molecular flexibility index (Phi) is 6.73. The van der Waals surface area contributed by atoms with Gasteiger partial charge in [0.1, 0.15) is 5.82 Å². The van der Waals surface area contributed by atoms with Crippen LogP contribution in [0.2, 0.25) is 0 Å². The van der Waals surface area contributed by atoms with Crippen molar-refractivity contribution in [2.75, 3.05) is 26.8 Å². The Bertz CT molecular complexity index is 562. The van der Waals surface area contributed by atoms with E-state index in [2.05, 4.69) is 5.32 Å². The first-order valence-corrected chi connectivity index (χ1v) is 8.35. The van der Waals surface area contributed by atoms with Crippen molar-refractivity contribution in [2.45, 2.75) is 32.2 Å². The molecule has 2 atom stereocenters. The number of benzene rings is 1. The summed E-state index contributed by atoms with van der Waals surface area (Å²) in [6.07, 6.45) is 2.28. The molecule has 0 aromatic heterocycles. The molecule has 0 saturated carbocycles. The number of ketones is 1. The molecule has 0 radical (unpaired) electrons. The topological polar surface area (TPSA) is 58.6 Å². The van der Waals surface area contributed by atoms with Crippen LogP contribution < -0.4 is 5.32 Å². The highest BCUT2D eigenvalue weighted by Gasteiger charge is 2.29. The fraction of sp³-hybridized carbons (Fsp3) is 0.556. The number of amides is 2. The predicted molar refractivity (Wildman–Crippen MR) is 89.5 cm³/mol. The first-order valence-electron chi connectivity index (χ1n) is 8.35. The lowest BCUT2D eigenvalue weighted by Crippen LogP contribution is -2.49. The van der Waals surface area contributed by atoms with Crippen molar-refractivity contribution in [2.24, 2.45) is 5.92 Å². The van der Waals surface area contributed by atoms with E-state index in [1.807, 2.05) is 6.92 Å². The Labute approximate surface area is 142 Å². The van der Waals surface area contributed by atoms with Crippen LogP contribution in [0.1, 0.15) is 36.5 Å². The number of methoxy groups -OCH3 is 1. The van der Waals surface area contributed by atoms with Crippen LogP contribution in [0.15, 0.2) is 24.3 Å². The van der Waals surface area contributed by atoms with Crippen molar-refractivity contribution >= 4 is 11.8 Å². The summed E-state index contributed by atoms with van der Waals surface area (Å²) in [5.74, 6) is -0.620. The van der Waals surface area contributed by atoms with E-state index < -0.39 is 0 Å². The third-order valence-corrected chi connectivity index (χ3v) is 4.33. The summed E-state index contributed by atoms with van der Waals surface area (Å²) in [4.78, 5) is 26.6. The number of ether oxygens (including phenoxy) is 1. The highest BCUT2D eigenvalue weighted by Crippen LogP contribution is 2.21. The molecule has 132 valence electrons. The number of piperidine rings is 1. The Morgan fingerprint density at radius 1 is 1.38 bits per heavy atom. The van der Waals surface area contributed by atoms with Gasteiger partial charge in [-0.15, -0.1) is 0 Å². The summed E-state index contributed by atoms with van der Waals surface area (Å²) in [7, 11) is 1.63. The number of carbonyl (C=O) groups excluding carboxylic acids is 2. The lowest BCUT2D eigenvalue weighted by atomic mass is 9.90. The predicted octanol–water partition coefficient (Wildman–Crippen LogP) is 2.86. The molecule has 0 bridgehead atoms. The van der Waals surface area contributed by atoms with E-state index in [1.54, 1.807) is 12.0 Å². The number of hydrogen-bond acceptors (Lipinski definition) is 3. The number of likely N-dealkylation sites (tertiary alicyclic amines) is 1. The third kappa shape index (κ3) is 5.03. The molecule has 1 aromatic rings. The molecule has 2 rings (SSSR count). The summed E-state index contributed by atoms with van der Waals surface area (Å²) >= 11 is 0. The molecule has 6 heteroatoms. The number of rotatable bonds is 6. The van der Waals surface area contributed by atoms with Crippen LogP contribution in [0.5, 0.6) is 0 Å². The molecule has 0 spiro atoms. The van der Waals surface area contributed by atoms with Crippen molar-refractivity contribution in [3.05, 3.63) is 35.6 Å². The third-order valence-electron chi connectivity index (χ3n) is 4.33. The first kappa shape index (κ1) is 18.4. The Hall–Kier alpha value is -1.95.